The van der Waals surface area contributed by atoms with Crippen LogP contribution >= 0.6 is 0 Å². The van der Waals surface area contributed by atoms with E-state index in [1.807, 2.05) is 48.5 Å². The summed E-state index contributed by atoms with van der Waals surface area (Å²) in [6.45, 7) is 2.34. The number of amides is 1. The largest absolute Gasteiger partial charge is 0.497 e. The Morgan fingerprint density at radius 1 is 0.936 bits per heavy atom. The molecule has 0 saturated heterocycles. The molecule has 9 heteroatoms. The number of carbonyl (C=O) groups excluding carboxylic acids is 2. The first-order chi connectivity index (χ1) is 23.0. The molecule has 0 radical (unpaired) electrons. The smallest absolute Gasteiger partial charge is 0.328 e. The minimum Gasteiger partial charge on any atom is -0.497 e. The SMILES string of the molecule is COCCCOc1ccc(C[C@H](NC(=O)c2ccc3c(C4CCCCC4)c4n(c3c2)CCOc2cc(OC)ccc2-4)C(=O)OC)cc1. The fraction of sp³-hybridized carbons (Fsp3) is 0.421. The lowest BCUT2D eigenvalue weighted by Gasteiger charge is -2.23. The van der Waals surface area contributed by atoms with Crippen LogP contribution in [0.3, 0.4) is 0 Å². The summed E-state index contributed by atoms with van der Waals surface area (Å²) in [5.41, 5.74) is 5.91. The van der Waals surface area contributed by atoms with Crippen molar-refractivity contribution in [2.24, 2.45) is 0 Å². The van der Waals surface area contributed by atoms with E-state index in [9.17, 15) is 9.59 Å². The molecule has 0 unspecified atom stereocenters. The summed E-state index contributed by atoms with van der Waals surface area (Å²) in [5, 5.41) is 4.11. The minimum absolute atomic E-state index is 0.286. The number of hydrogen-bond acceptors (Lipinski definition) is 7. The van der Waals surface area contributed by atoms with E-state index in [-0.39, 0.29) is 12.3 Å². The van der Waals surface area contributed by atoms with Crippen LogP contribution in [0.5, 0.6) is 17.2 Å². The average Bonchev–Trinajstić information content (AvgIpc) is 3.31. The number of rotatable bonds is 12. The van der Waals surface area contributed by atoms with Crippen LogP contribution in [0, 0.1) is 0 Å². The summed E-state index contributed by atoms with van der Waals surface area (Å²) in [5.74, 6) is 1.91. The first kappa shape index (κ1) is 32.4. The maximum absolute atomic E-state index is 13.8. The van der Waals surface area contributed by atoms with Crippen LogP contribution in [0.15, 0.2) is 60.7 Å². The molecular formula is C38H44N2O7. The lowest BCUT2D eigenvalue weighted by Crippen LogP contribution is -2.43. The van der Waals surface area contributed by atoms with E-state index in [1.165, 1.54) is 37.3 Å². The summed E-state index contributed by atoms with van der Waals surface area (Å²) in [6, 6.07) is 18.6. The van der Waals surface area contributed by atoms with Crippen molar-refractivity contribution in [1.29, 1.82) is 0 Å². The number of hydrogen-bond donors (Lipinski definition) is 1. The Balaban J connectivity index is 1.29. The predicted molar refractivity (Wildman–Crippen MR) is 181 cm³/mol. The van der Waals surface area contributed by atoms with E-state index in [4.69, 9.17) is 23.7 Å². The van der Waals surface area contributed by atoms with Crippen molar-refractivity contribution in [3.63, 3.8) is 0 Å². The molecule has 2 heterocycles. The maximum atomic E-state index is 13.8. The van der Waals surface area contributed by atoms with Gasteiger partial charge in [-0.25, -0.2) is 4.79 Å². The van der Waals surface area contributed by atoms with Gasteiger partial charge in [-0.2, -0.15) is 0 Å². The molecule has 1 aliphatic carbocycles. The molecular weight excluding hydrogens is 596 g/mol. The molecule has 47 heavy (non-hydrogen) atoms. The van der Waals surface area contributed by atoms with E-state index in [0.717, 1.165) is 58.8 Å². The van der Waals surface area contributed by atoms with Crippen LogP contribution in [-0.4, -0.2) is 63.6 Å². The second-order valence-corrected chi connectivity index (χ2v) is 12.3. The van der Waals surface area contributed by atoms with Gasteiger partial charge in [0.25, 0.3) is 5.91 Å². The number of nitrogens with zero attached hydrogens (tertiary/aromatic N) is 1. The third-order valence-electron chi connectivity index (χ3n) is 9.31. The summed E-state index contributed by atoms with van der Waals surface area (Å²) in [6.07, 6.45) is 7.05. The van der Waals surface area contributed by atoms with Crippen LogP contribution < -0.4 is 19.5 Å². The molecule has 9 nitrogen and oxygen atoms in total. The van der Waals surface area contributed by atoms with Gasteiger partial charge in [-0.3, -0.25) is 4.79 Å². The molecule has 1 aromatic heterocycles. The van der Waals surface area contributed by atoms with Crippen molar-refractivity contribution >= 4 is 22.8 Å². The second-order valence-electron chi connectivity index (χ2n) is 12.3. The first-order valence-electron chi connectivity index (χ1n) is 16.6. The molecule has 1 fully saturated rings. The standard InChI is InChI=1S/C38H44N2O7/c1-43-19-7-20-46-28-13-10-25(11-14-28)22-32(38(42)45-3)39-37(41)27-12-16-30-33(23-27)40-18-21-47-34-24-29(44-2)15-17-31(34)36(40)35(30)26-8-5-4-6-9-26/h10-17,23-24,26,32H,4-9,18-22H2,1-3H3,(H,39,41)/t32-/m0/s1. The van der Waals surface area contributed by atoms with E-state index >= 15 is 0 Å². The first-order valence-corrected chi connectivity index (χ1v) is 16.6. The van der Waals surface area contributed by atoms with Gasteiger partial charge in [0.05, 0.1) is 33.1 Å². The number of methoxy groups -OCH3 is 3. The van der Waals surface area contributed by atoms with Gasteiger partial charge >= 0.3 is 5.97 Å². The summed E-state index contributed by atoms with van der Waals surface area (Å²) in [4.78, 5) is 26.6. The van der Waals surface area contributed by atoms with Crippen LogP contribution in [-0.2, 0) is 27.2 Å². The van der Waals surface area contributed by atoms with Crippen molar-refractivity contribution in [2.75, 3.05) is 41.2 Å². The van der Waals surface area contributed by atoms with Gasteiger partial charge < -0.3 is 33.6 Å². The van der Waals surface area contributed by atoms with Gasteiger partial charge in [-0.05, 0) is 66.3 Å². The average molecular weight is 641 g/mol. The maximum Gasteiger partial charge on any atom is 0.328 e. The normalized spacial score (nSPS) is 15.1. The molecule has 1 aliphatic heterocycles. The molecule has 0 spiro atoms. The van der Waals surface area contributed by atoms with Gasteiger partial charge in [0.1, 0.15) is 29.9 Å². The molecule has 2 aliphatic rings. The molecule has 1 atom stereocenters. The number of carbonyl (C=O) groups is 2. The number of nitrogens with one attached hydrogen (secondary N) is 1. The fourth-order valence-electron chi connectivity index (χ4n) is 6.96. The quantitative estimate of drug-likeness (QED) is 0.136. The summed E-state index contributed by atoms with van der Waals surface area (Å²) < 4.78 is 30.0. The molecule has 1 amide bonds. The zero-order valence-corrected chi connectivity index (χ0v) is 27.5. The van der Waals surface area contributed by atoms with Gasteiger partial charge in [0, 0.05) is 54.7 Å². The highest BCUT2D eigenvalue weighted by atomic mass is 16.5. The molecule has 4 aromatic rings. The number of benzene rings is 3. The topological polar surface area (TPSA) is 97.3 Å². The molecule has 0 bridgehead atoms. The third-order valence-corrected chi connectivity index (χ3v) is 9.31. The lowest BCUT2D eigenvalue weighted by molar-refractivity contribution is -0.142. The Hall–Kier alpha value is -4.50. The van der Waals surface area contributed by atoms with Crippen molar-refractivity contribution < 1.29 is 33.3 Å². The van der Waals surface area contributed by atoms with Crippen molar-refractivity contribution in [3.8, 4) is 28.5 Å². The molecule has 6 rings (SSSR count). The zero-order chi connectivity index (χ0) is 32.8. The highest BCUT2D eigenvalue weighted by Crippen LogP contribution is 2.47. The third kappa shape index (κ3) is 7.10. The van der Waals surface area contributed by atoms with Crippen LogP contribution in [0.1, 0.15) is 65.9 Å². The highest BCUT2D eigenvalue weighted by Gasteiger charge is 2.30. The highest BCUT2D eigenvalue weighted by molar-refractivity contribution is 6.02. The summed E-state index contributed by atoms with van der Waals surface area (Å²) in [7, 11) is 4.67. The van der Waals surface area contributed by atoms with Crippen LogP contribution in [0.25, 0.3) is 22.2 Å². The van der Waals surface area contributed by atoms with E-state index in [0.29, 0.717) is 37.8 Å². The van der Waals surface area contributed by atoms with Gasteiger partial charge in [0.15, 0.2) is 0 Å². The Morgan fingerprint density at radius 3 is 2.47 bits per heavy atom. The van der Waals surface area contributed by atoms with E-state index < -0.39 is 12.0 Å². The van der Waals surface area contributed by atoms with Gasteiger partial charge in [0.2, 0.25) is 0 Å². The number of aromatic nitrogens is 1. The zero-order valence-electron chi connectivity index (χ0n) is 27.5. The Morgan fingerprint density at radius 2 is 1.72 bits per heavy atom. The van der Waals surface area contributed by atoms with Gasteiger partial charge in [-0.15, -0.1) is 0 Å². The van der Waals surface area contributed by atoms with Crippen LogP contribution in [0.4, 0.5) is 0 Å². The van der Waals surface area contributed by atoms with Crippen molar-refractivity contribution in [2.45, 2.75) is 63.5 Å². The Bertz CT molecular complexity index is 1710. The number of fused-ring (bicyclic) bond motifs is 5. The van der Waals surface area contributed by atoms with E-state index in [1.54, 1.807) is 14.2 Å². The van der Waals surface area contributed by atoms with Gasteiger partial charge in [-0.1, -0.05) is 37.5 Å². The van der Waals surface area contributed by atoms with E-state index in [2.05, 4.69) is 22.0 Å². The van der Waals surface area contributed by atoms with Crippen molar-refractivity contribution in [3.05, 3.63) is 77.4 Å². The second kappa shape index (κ2) is 14.9. The molecule has 1 saturated carbocycles. The van der Waals surface area contributed by atoms with Crippen molar-refractivity contribution in [1.82, 2.24) is 9.88 Å². The minimum atomic E-state index is -0.853. The molecule has 1 N–H and O–H groups in total. The number of ether oxygens (including phenoxy) is 5. The Kier molecular flexibility index (Phi) is 10.3. The monoisotopic (exact) mass is 640 g/mol. The lowest BCUT2D eigenvalue weighted by atomic mass is 9.81. The fourth-order valence-corrected chi connectivity index (χ4v) is 6.96. The summed E-state index contributed by atoms with van der Waals surface area (Å²) >= 11 is 0. The number of esters is 1. The Labute approximate surface area is 276 Å². The van der Waals surface area contributed by atoms with Crippen LogP contribution in [0.2, 0.25) is 0 Å². The molecule has 3 aromatic carbocycles. The predicted octanol–water partition coefficient (Wildman–Crippen LogP) is 6.69. The molecule has 248 valence electrons.